The molecule has 0 saturated heterocycles. The second-order valence-electron chi connectivity index (χ2n) is 5.83. The summed E-state index contributed by atoms with van der Waals surface area (Å²) in [5.41, 5.74) is 1.47. The first-order chi connectivity index (χ1) is 13.4. The molecule has 146 valence electrons. The minimum Gasteiger partial charge on any atom is -0.444 e. The van der Waals surface area contributed by atoms with Crippen molar-refractivity contribution in [3.8, 4) is 11.5 Å². The summed E-state index contributed by atoms with van der Waals surface area (Å²) in [4.78, 5) is 14.9. The minimum atomic E-state index is -3.76. The number of nitrogens with one attached hydrogen (secondary N) is 2. The molecule has 28 heavy (non-hydrogen) atoms. The number of oxazole rings is 1. The van der Waals surface area contributed by atoms with Crippen LogP contribution in [0.15, 0.2) is 64.1 Å². The minimum absolute atomic E-state index is 0.170. The van der Waals surface area contributed by atoms with E-state index >= 15 is 0 Å². The van der Waals surface area contributed by atoms with Crippen molar-refractivity contribution in [3.05, 3.63) is 70.6 Å². The standard InChI is InChI=1S/C18H18N4O5S/c1-19-28(25,26)15-7-8-16(17(11-15)22(23)24)20-10-9-14-12-27-18(21-14)13-5-3-2-4-6-13/h2-8,11-12,19-20H,9-10H2,1H3. The molecule has 9 nitrogen and oxygen atoms in total. The van der Waals surface area contributed by atoms with Gasteiger partial charge in [0.25, 0.3) is 5.69 Å². The van der Waals surface area contributed by atoms with Crippen molar-refractivity contribution in [1.82, 2.24) is 9.71 Å². The highest BCUT2D eigenvalue weighted by Gasteiger charge is 2.20. The Bertz CT molecular complexity index is 1080. The summed E-state index contributed by atoms with van der Waals surface area (Å²) in [5.74, 6) is 0.503. The van der Waals surface area contributed by atoms with Crippen molar-refractivity contribution in [2.75, 3.05) is 18.9 Å². The zero-order valence-electron chi connectivity index (χ0n) is 15.0. The lowest BCUT2D eigenvalue weighted by molar-refractivity contribution is -0.384. The lowest BCUT2D eigenvalue weighted by Crippen LogP contribution is -2.19. The summed E-state index contributed by atoms with van der Waals surface area (Å²) in [5, 5.41) is 14.3. The normalized spacial score (nSPS) is 11.3. The van der Waals surface area contributed by atoms with Gasteiger partial charge in [0.2, 0.25) is 15.9 Å². The topological polar surface area (TPSA) is 127 Å². The fourth-order valence-corrected chi connectivity index (χ4v) is 3.31. The van der Waals surface area contributed by atoms with Crippen LogP contribution in [0.2, 0.25) is 0 Å². The van der Waals surface area contributed by atoms with Gasteiger partial charge in [0.05, 0.1) is 15.5 Å². The Morgan fingerprint density at radius 1 is 1.18 bits per heavy atom. The van der Waals surface area contributed by atoms with Crippen LogP contribution in [0.1, 0.15) is 5.69 Å². The molecule has 3 rings (SSSR count). The SMILES string of the molecule is CNS(=O)(=O)c1ccc(NCCc2coc(-c3ccccc3)n2)c([N+](=O)[O-])c1. The van der Waals surface area contributed by atoms with E-state index in [0.717, 1.165) is 11.6 Å². The van der Waals surface area contributed by atoms with Crippen LogP contribution in [0.5, 0.6) is 0 Å². The van der Waals surface area contributed by atoms with Gasteiger partial charge >= 0.3 is 0 Å². The Labute approximate surface area is 161 Å². The van der Waals surface area contributed by atoms with Gasteiger partial charge in [-0.15, -0.1) is 0 Å². The lowest BCUT2D eigenvalue weighted by Gasteiger charge is -2.08. The molecule has 0 radical (unpaired) electrons. The van der Waals surface area contributed by atoms with Gasteiger partial charge in [0.1, 0.15) is 12.0 Å². The number of nitro benzene ring substituents is 1. The van der Waals surface area contributed by atoms with Crippen LogP contribution >= 0.6 is 0 Å². The first kappa shape index (κ1) is 19.5. The molecule has 10 heteroatoms. The van der Waals surface area contributed by atoms with E-state index in [4.69, 9.17) is 4.42 Å². The maximum Gasteiger partial charge on any atom is 0.293 e. The second kappa shape index (κ2) is 8.19. The summed E-state index contributed by atoms with van der Waals surface area (Å²) >= 11 is 0. The molecule has 0 aliphatic rings. The molecule has 0 saturated carbocycles. The first-order valence-corrected chi connectivity index (χ1v) is 9.85. The van der Waals surface area contributed by atoms with Crippen LogP contribution < -0.4 is 10.0 Å². The zero-order valence-corrected chi connectivity index (χ0v) is 15.8. The zero-order chi connectivity index (χ0) is 20.1. The lowest BCUT2D eigenvalue weighted by atomic mass is 10.2. The molecule has 0 atom stereocenters. The van der Waals surface area contributed by atoms with Crippen LogP contribution in [-0.2, 0) is 16.4 Å². The molecule has 3 aromatic rings. The number of anilines is 1. The van der Waals surface area contributed by atoms with Gasteiger partial charge < -0.3 is 9.73 Å². The third-order valence-corrected chi connectivity index (χ3v) is 5.43. The first-order valence-electron chi connectivity index (χ1n) is 8.36. The summed E-state index contributed by atoms with van der Waals surface area (Å²) in [7, 11) is -2.52. The Hall–Kier alpha value is -3.24. The van der Waals surface area contributed by atoms with E-state index in [-0.39, 0.29) is 16.3 Å². The maximum atomic E-state index is 11.8. The largest absolute Gasteiger partial charge is 0.444 e. The third kappa shape index (κ3) is 4.35. The molecule has 0 aliphatic heterocycles. The summed E-state index contributed by atoms with van der Waals surface area (Å²) in [6.45, 7) is 0.361. The molecule has 2 N–H and O–H groups in total. The van der Waals surface area contributed by atoms with E-state index in [0.29, 0.717) is 24.6 Å². The summed E-state index contributed by atoms with van der Waals surface area (Å²) in [6, 6.07) is 13.2. The van der Waals surface area contributed by atoms with Crippen LogP contribution in [0.4, 0.5) is 11.4 Å². The van der Waals surface area contributed by atoms with E-state index in [9.17, 15) is 18.5 Å². The predicted octanol–water partition coefficient (Wildman–Crippen LogP) is 2.81. The highest BCUT2D eigenvalue weighted by molar-refractivity contribution is 7.89. The van der Waals surface area contributed by atoms with Gasteiger partial charge in [0.15, 0.2) is 0 Å². The Morgan fingerprint density at radius 2 is 1.93 bits per heavy atom. The number of sulfonamides is 1. The number of hydrogen-bond donors (Lipinski definition) is 2. The Balaban J connectivity index is 1.69. The average Bonchev–Trinajstić information content (AvgIpc) is 3.17. The van der Waals surface area contributed by atoms with Crippen molar-refractivity contribution >= 4 is 21.4 Å². The molecule has 0 aliphatic carbocycles. The predicted molar refractivity (Wildman–Crippen MR) is 103 cm³/mol. The van der Waals surface area contributed by atoms with Crippen molar-refractivity contribution in [2.45, 2.75) is 11.3 Å². The molecule has 1 aromatic heterocycles. The van der Waals surface area contributed by atoms with Crippen molar-refractivity contribution < 1.29 is 17.8 Å². The van der Waals surface area contributed by atoms with Gasteiger partial charge in [-0.1, -0.05) is 18.2 Å². The molecule has 2 aromatic carbocycles. The van der Waals surface area contributed by atoms with Gasteiger partial charge in [-0.3, -0.25) is 10.1 Å². The Morgan fingerprint density at radius 3 is 2.61 bits per heavy atom. The van der Waals surface area contributed by atoms with Gasteiger partial charge in [-0.05, 0) is 31.3 Å². The van der Waals surface area contributed by atoms with E-state index in [2.05, 4.69) is 15.0 Å². The number of hydrogen-bond acceptors (Lipinski definition) is 7. The summed E-state index contributed by atoms with van der Waals surface area (Å²) in [6.07, 6.45) is 2.02. The summed E-state index contributed by atoms with van der Waals surface area (Å²) < 4.78 is 31.3. The number of nitrogens with zero attached hydrogens (tertiary/aromatic N) is 2. The van der Waals surface area contributed by atoms with Crippen LogP contribution in [-0.4, -0.2) is 31.9 Å². The molecular formula is C18H18N4O5S. The number of nitro groups is 1. The Kier molecular flexibility index (Phi) is 5.71. The number of rotatable bonds is 8. The van der Waals surface area contributed by atoms with E-state index < -0.39 is 14.9 Å². The van der Waals surface area contributed by atoms with Crippen molar-refractivity contribution in [2.24, 2.45) is 0 Å². The third-order valence-electron chi connectivity index (χ3n) is 4.01. The fraction of sp³-hybridized carbons (Fsp3) is 0.167. The van der Waals surface area contributed by atoms with Crippen LogP contribution in [0.25, 0.3) is 11.5 Å². The monoisotopic (exact) mass is 402 g/mol. The highest BCUT2D eigenvalue weighted by Crippen LogP contribution is 2.27. The second-order valence-corrected chi connectivity index (χ2v) is 7.72. The van der Waals surface area contributed by atoms with E-state index in [1.807, 2.05) is 30.3 Å². The van der Waals surface area contributed by atoms with Crippen molar-refractivity contribution in [3.63, 3.8) is 0 Å². The molecule has 0 amide bonds. The number of benzene rings is 2. The molecular weight excluding hydrogens is 384 g/mol. The van der Waals surface area contributed by atoms with Crippen LogP contribution in [0, 0.1) is 10.1 Å². The van der Waals surface area contributed by atoms with Crippen LogP contribution in [0.3, 0.4) is 0 Å². The van der Waals surface area contributed by atoms with Gasteiger partial charge in [-0.25, -0.2) is 18.1 Å². The maximum absolute atomic E-state index is 11.8. The quantitative estimate of drug-likeness (QED) is 0.438. The van der Waals surface area contributed by atoms with Crippen molar-refractivity contribution in [1.29, 1.82) is 0 Å². The smallest absolute Gasteiger partial charge is 0.293 e. The highest BCUT2D eigenvalue weighted by atomic mass is 32.2. The average molecular weight is 402 g/mol. The fourth-order valence-electron chi connectivity index (χ4n) is 2.56. The molecule has 0 fully saturated rings. The molecule has 0 bridgehead atoms. The van der Waals surface area contributed by atoms with Gasteiger partial charge in [0, 0.05) is 24.6 Å². The molecule has 0 unspecified atom stereocenters. The molecule has 1 heterocycles. The van der Waals surface area contributed by atoms with Gasteiger partial charge in [-0.2, -0.15) is 0 Å². The number of aromatic nitrogens is 1. The van der Waals surface area contributed by atoms with E-state index in [1.165, 1.54) is 19.2 Å². The molecule has 0 spiro atoms. The van der Waals surface area contributed by atoms with E-state index in [1.54, 1.807) is 6.26 Å².